The number of rotatable bonds is 6. The number of carboxylic acid groups (broad SMARTS) is 1. The molecule has 0 aliphatic heterocycles. The number of halogens is 1. The van der Waals surface area contributed by atoms with Gasteiger partial charge in [-0.1, -0.05) is 12.1 Å². The normalized spacial score (nSPS) is 10.1. The fourth-order valence-corrected chi connectivity index (χ4v) is 2.55. The lowest BCUT2D eigenvalue weighted by atomic mass is 10.2. The van der Waals surface area contributed by atoms with E-state index in [2.05, 4.69) is 10.6 Å². The Morgan fingerprint density at radius 1 is 1.09 bits per heavy atom. The van der Waals surface area contributed by atoms with E-state index in [1.165, 1.54) is 24.3 Å². The predicted molar refractivity (Wildman–Crippen MR) is 84.2 cm³/mol. The number of nitrogens with one attached hydrogen (secondary N) is 2. The number of thiophene rings is 1. The number of amides is 2. The molecule has 0 atom stereocenters. The number of aliphatic carboxylic acids is 1. The molecule has 23 heavy (non-hydrogen) atoms. The van der Waals surface area contributed by atoms with Crippen molar-refractivity contribution in [2.24, 2.45) is 0 Å². The van der Waals surface area contributed by atoms with Crippen LogP contribution in [0.2, 0.25) is 0 Å². The fourth-order valence-electron chi connectivity index (χ4n) is 1.75. The molecular formula is C15H13FN2O4S. The van der Waals surface area contributed by atoms with Gasteiger partial charge in [-0.15, -0.1) is 11.3 Å². The predicted octanol–water partition coefficient (Wildman–Crippen LogP) is 2.94. The number of hydrogen-bond donors (Lipinski definition) is 3. The number of carboxylic acids is 1. The average molecular weight is 336 g/mol. The SMILES string of the molecule is O=C(O)CCC(=O)Nc1sccc1C(=O)Nc1ccccc1F. The second-order valence-electron chi connectivity index (χ2n) is 4.54. The smallest absolute Gasteiger partial charge is 0.303 e. The highest BCUT2D eigenvalue weighted by molar-refractivity contribution is 7.14. The van der Waals surface area contributed by atoms with E-state index < -0.39 is 23.6 Å². The summed E-state index contributed by atoms with van der Waals surface area (Å²) in [6.45, 7) is 0. The van der Waals surface area contributed by atoms with Crippen LogP contribution in [0.5, 0.6) is 0 Å². The number of hydrogen-bond acceptors (Lipinski definition) is 4. The molecule has 0 aliphatic rings. The first-order valence-electron chi connectivity index (χ1n) is 6.62. The fraction of sp³-hybridized carbons (Fsp3) is 0.133. The number of carbonyl (C=O) groups excluding carboxylic acids is 2. The standard InChI is InChI=1S/C15H13FN2O4S/c16-10-3-1-2-4-11(10)17-14(22)9-7-8-23-15(9)18-12(19)5-6-13(20)21/h1-4,7-8H,5-6H2,(H,17,22)(H,18,19)(H,20,21). The summed E-state index contributed by atoms with van der Waals surface area (Å²) in [6.07, 6.45) is -0.491. The molecule has 1 heterocycles. The lowest BCUT2D eigenvalue weighted by molar-refractivity contribution is -0.138. The molecule has 2 aromatic rings. The Hall–Kier alpha value is -2.74. The Balaban J connectivity index is 2.05. The minimum atomic E-state index is -1.08. The Bertz CT molecular complexity index is 745. The maximum absolute atomic E-state index is 13.5. The molecule has 0 fully saturated rings. The molecule has 3 N–H and O–H groups in total. The number of para-hydroxylation sites is 1. The van der Waals surface area contributed by atoms with Crippen LogP contribution in [0.3, 0.4) is 0 Å². The molecule has 2 amide bonds. The van der Waals surface area contributed by atoms with E-state index in [1.54, 1.807) is 11.4 Å². The molecule has 6 nitrogen and oxygen atoms in total. The van der Waals surface area contributed by atoms with Gasteiger partial charge in [0.2, 0.25) is 5.91 Å². The van der Waals surface area contributed by atoms with E-state index in [-0.39, 0.29) is 29.1 Å². The maximum atomic E-state index is 13.5. The summed E-state index contributed by atoms with van der Waals surface area (Å²) in [7, 11) is 0. The summed E-state index contributed by atoms with van der Waals surface area (Å²) in [5, 5.41) is 15.3. The first-order chi connectivity index (χ1) is 11.0. The zero-order valence-corrected chi connectivity index (χ0v) is 12.7. The summed E-state index contributed by atoms with van der Waals surface area (Å²) in [5.41, 5.74) is 0.216. The van der Waals surface area contributed by atoms with Crippen LogP contribution in [-0.2, 0) is 9.59 Å². The van der Waals surface area contributed by atoms with Crippen molar-refractivity contribution in [2.45, 2.75) is 12.8 Å². The van der Waals surface area contributed by atoms with E-state index in [1.807, 2.05) is 0 Å². The molecule has 0 radical (unpaired) electrons. The van der Waals surface area contributed by atoms with Gasteiger partial charge in [-0.2, -0.15) is 0 Å². The largest absolute Gasteiger partial charge is 0.481 e. The van der Waals surface area contributed by atoms with E-state index in [4.69, 9.17) is 5.11 Å². The molecule has 0 bridgehead atoms. The maximum Gasteiger partial charge on any atom is 0.303 e. The van der Waals surface area contributed by atoms with Gasteiger partial charge in [0.05, 0.1) is 17.7 Å². The van der Waals surface area contributed by atoms with Crippen molar-refractivity contribution in [3.63, 3.8) is 0 Å². The highest BCUT2D eigenvalue weighted by atomic mass is 32.1. The van der Waals surface area contributed by atoms with Crippen LogP contribution in [0.15, 0.2) is 35.7 Å². The van der Waals surface area contributed by atoms with Gasteiger partial charge >= 0.3 is 5.97 Å². The summed E-state index contributed by atoms with van der Waals surface area (Å²) in [4.78, 5) is 34.3. The first kappa shape index (κ1) is 16.6. The molecule has 0 saturated heterocycles. The van der Waals surface area contributed by atoms with Crippen LogP contribution in [-0.4, -0.2) is 22.9 Å². The number of carbonyl (C=O) groups is 3. The summed E-state index contributed by atoms with van der Waals surface area (Å²) in [6, 6.07) is 7.22. The molecule has 8 heteroatoms. The first-order valence-corrected chi connectivity index (χ1v) is 7.50. The van der Waals surface area contributed by atoms with Crippen LogP contribution in [0, 0.1) is 5.82 Å². The van der Waals surface area contributed by atoms with Gasteiger partial charge in [0, 0.05) is 6.42 Å². The minimum absolute atomic E-state index is 0.0341. The summed E-state index contributed by atoms with van der Waals surface area (Å²) >= 11 is 1.12. The summed E-state index contributed by atoms with van der Waals surface area (Å²) < 4.78 is 13.5. The van der Waals surface area contributed by atoms with Crippen molar-refractivity contribution in [1.29, 1.82) is 0 Å². The second kappa shape index (κ2) is 7.50. The lowest BCUT2D eigenvalue weighted by Gasteiger charge is -2.08. The van der Waals surface area contributed by atoms with Crippen molar-refractivity contribution in [1.82, 2.24) is 0 Å². The molecule has 1 aromatic heterocycles. The van der Waals surface area contributed by atoms with Gasteiger partial charge in [-0.25, -0.2) is 4.39 Å². The average Bonchev–Trinajstić information content (AvgIpc) is 2.95. The summed E-state index contributed by atoms with van der Waals surface area (Å²) in [5.74, 6) is -2.72. The third-order valence-electron chi connectivity index (χ3n) is 2.85. The van der Waals surface area contributed by atoms with Gasteiger partial charge in [-0.3, -0.25) is 14.4 Å². The zero-order valence-electron chi connectivity index (χ0n) is 11.8. The van der Waals surface area contributed by atoms with Gasteiger partial charge in [-0.05, 0) is 23.6 Å². The highest BCUT2D eigenvalue weighted by Gasteiger charge is 2.16. The second-order valence-corrected chi connectivity index (χ2v) is 5.46. The molecular weight excluding hydrogens is 323 g/mol. The Morgan fingerprint density at radius 3 is 2.52 bits per heavy atom. The number of anilines is 2. The third-order valence-corrected chi connectivity index (χ3v) is 3.68. The van der Waals surface area contributed by atoms with Crippen molar-refractivity contribution < 1.29 is 23.9 Å². The van der Waals surface area contributed by atoms with E-state index in [0.29, 0.717) is 0 Å². The van der Waals surface area contributed by atoms with Crippen molar-refractivity contribution in [2.75, 3.05) is 10.6 Å². The van der Waals surface area contributed by atoms with Crippen LogP contribution >= 0.6 is 11.3 Å². The van der Waals surface area contributed by atoms with E-state index in [0.717, 1.165) is 11.3 Å². The zero-order chi connectivity index (χ0) is 16.8. The van der Waals surface area contributed by atoms with Gasteiger partial charge < -0.3 is 15.7 Å². The van der Waals surface area contributed by atoms with Crippen molar-refractivity contribution >= 4 is 39.8 Å². The quantitative estimate of drug-likeness (QED) is 0.756. The topological polar surface area (TPSA) is 95.5 Å². The number of benzene rings is 1. The van der Waals surface area contributed by atoms with Gasteiger partial charge in [0.15, 0.2) is 0 Å². The van der Waals surface area contributed by atoms with Crippen LogP contribution in [0.25, 0.3) is 0 Å². The molecule has 120 valence electrons. The van der Waals surface area contributed by atoms with Crippen LogP contribution < -0.4 is 10.6 Å². The monoisotopic (exact) mass is 336 g/mol. The Labute approximate surface area is 134 Å². The van der Waals surface area contributed by atoms with Gasteiger partial charge in [0.1, 0.15) is 10.8 Å². The van der Waals surface area contributed by atoms with E-state index >= 15 is 0 Å². The van der Waals surface area contributed by atoms with Crippen molar-refractivity contribution in [3.8, 4) is 0 Å². The molecule has 0 aliphatic carbocycles. The highest BCUT2D eigenvalue weighted by Crippen LogP contribution is 2.25. The van der Waals surface area contributed by atoms with Crippen LogP contribution in [0.1, 0.15) is 23.2 Å². The van der Waals surface area contributed by atoms with E-state index in [9.17, 15) is 18.8 Å². The molecule has 2 rings (SSSR count). The molecule has 0 spiro atoms. The van der Waals surface area contributed by atoms with Gasteiger partial charge in [0.25, 0.3) is 5.91 Å². The Kier molecular flexibility index (Phi) is 5.42. The minimum Gasteiger partial charge on any atom is -0.481 e. The molecule has 1 aromatic carbocycles. The molecule has 0 unspecified atom stereocenters. The van der Waals surface area contributed by atoms with Crippen LogP contribution in [0.4, 0.5) is 15.1 Å². The lowest BCUT2D eigenvalue weighted by Crippen LogP contribution is -2.17. The Morgan fingerprint density at radius 2 is 1.83 bits per heavy atom. The van der Waals surface area contributed by atoms with Crippen molar-refractivity contribution in [3.05, 3.63) is 47.1 Å². The third kappa shape index (κ3) is 4.62. The molecule has 0 saturated carbocycles.